The molecule has 0 bridgehead atoms. The van der Waals surface area contributed by atoms with E-state index in [-0.39, 0.29) is 11.3 Å². The fourth-order valence-electron chi connectivity index (χ4n) is 1.79. The van der Waals surface area contributed by atoms with Crippen LogP contribution in [-0.2, 0) is 0 Å². The molecule has 1 aromatic heterocycles. The second kappa shape index (κ2) is 7.75. The van der Waals surface area contributed by atoms with Crippen molar-refractivity contribution in [3.63, 3.8) is 0 Å². The smallest absolute Gasteiger partial charge is 0.387 e. The highest BCUT2D eigenvalue weighted by atomic mass is 35.5. The molecule has 134 valence electrons. The van der Waals surface area contributed by atoms with Gasteiger partial charge in [0.05, 0.1) is 12.8 Å². The maximum absolute atomic E-state index is 13.4. The van der Waals surface area contributed by atoms with Crippen molar-refractivity contribution in [2.75, 3.05) is 12.4 Å². The van der Waals surface area contributed by atoms with Crippen LogP contribution < -0.4 is 14.8 Å². The van der Waals surface area contributed by atoms with Crippen LogP contribution in [0.2, 0.25) is 10.0 Å². The summed E-state index contributed by atoms with van der Waals surface area (Å²) in [5.41, 5.74) is -0.730. The number of aromatic nitrogens is 1. The number of rotatable bonds is 5. The molecular formula is C14H8Cl2F4N2O3. The van der Waals surface area contributed by atoms with E-state index < -0.39 is 45.9 Å². The van der Waals surface area contributed by atoms with Crippen molar-refractivity contribution in [1.29, 1.82) is 0 Å². The normalized spacial score (nSPS) is 10.7. The molecule has 1 aromatic carbocycles. The maximum Gasteiger partial charge on any atom is 0.387 e. The van der Waals surface area contributed by atoms with Crippen molar-refractivity contribution < 1.29 is 31.8 Å². The Morgan fingerprint density at radius 3 is 2.28 bits per heavy atom. The molecule has 5 nitrogen and oxygen atoms in total. The Labute approximate surface area is 148 Å². The molecule has 0 saturated heterocycles. The molecule has 25 heavy (non-hydrogen) atoms. The summed E-state index contributed by atoms with van der Waals surface area (Å²) in [5, 5.41) is 0.666. The monoisotopic (exact) mass is 398 g/mol. The van der Waals surface area contributed by atoms with Gasteiger partial charge in [0.15, 0.2) is 11.5 Å². The Morgan fingerprint density at radius 2 is 1.76 bits per heavy atom. The molecule has 0 atom stereocenters. The lowest BCUT2D eigenvalue weighted by Crippen LogP contribution is -2.14. The van der Waals surface area contributed by atoms with Gasteiger partial charge in [-0.15, -0.1) is 0 Å². The summed E-state index contributed by atoms with van der Waals surface area (Å²) in [5.74, 6) is -4.15. The highest BCUT2D eigenvalue weighted by Gasteiger charge is 2.21. The van der Waals surface area contributed by atoms with Gasteiger partial charge in [-0.2, -0.15) is 22.5 Å². The Bertz CT molecular complexity index is 795. The standard InChI is InChI=1S/C14H8Cl2F4N2O3/c1-24-6-3-2-5(4-7(6)25-14(19)20)13(23)21-10-8(15)11(17)22-12(18)9(10)16/h2-4,14H,1H3,(H,21,22,23). The fourth-order valence-corrected chi connectivity index (χ4v) is 2.20. The van der Waals surface area contributed by atoms with Crippen LogP contribution in [0.1, 0.15) is 10.4 Å². The van der Waals surface area contributed by atoms with Crippen molar-refractivity contribution in [1.82, 2.24) is 4.98 Å². The number of halogens is 6. The molecule has 1 amide bonds. The summed E-state index contributed by atoms with van der Waals surface area (Å²) in [6, 6.07) is 3.36. The van der Waals surface area contributed by atoms with Gasteiger partial charge in [-0.05, 0) is 18.2 Å². The molecular weight excluding hydrogens is 391 g/mol. The third kappa shape index (κ3) is 4.23. The number of anilines is 1. The molecule has 2 aromatic rings. The number of pyridine rings is 1. The fraction of sp³-hybridized carbons (Fsp3) is 0.143. The van der Waals surface area contributed by atoms with E-state index in [0.29, 0.717) is 0 Å². The number of ether oxygens (including phenoxy) is 2. The summed E-state index contributed by atoms with van der Waals surface area (Å²) in [6.45, 7) is -3.15. The Morgan fingerprint density at radius 1 is 1.16 bits per heavy atom. The number of methoxy groups -OCH3 is 1. The number of nitrogens with zero attached hydrogens (tertiary/aromatic N) is 1. The zero-order valence-corrected chi connectivity index (χ0v) is 13.8. The lowest BCUT2D eigenvalue weighted by molar-refractivity contribution is -0.0512. The van der Waals surface area contributed by atoms with Gasteiger partial charge < -0.3 is 14.8 Å². The Balaban J connectivity index is 2.36. The Hall–Kier alpha value is -2.26. The topological polar surface area (TPSA) is 60.5 Å². The average Bonchev–Trinajstić information content (AvgIpc) is 2.56. The molecule has 0 unspecified atom stereocenters. The number of carbonyl (C=O) groups excluding carboxylic acids is 1. The van der Waals surface area contributed by atoms with Crippen molar-refractivity contribution in [2.24, 2.45) is 0 Å². The van der Waals surface area contributed by atoms with Gasteiger partial charge in [0, 0.05) is 5.56 Å². The van der Waals surface area contributed by atoms with Crippen molar-refractivity contribution in [2.45, 2.75) is 6.61 Å². The molecule has 0 spiro atoms. The first-order chi connectivity index (χ1) is 11.7. The van der Waals surface area contributed by atoms with E-state index >= 15 is 0 Å². The van der Waals surface area contributed by atoms with Gasteiger partial charge in [0.2, 0.25) is 11.9 Å². The summed E-state index contributed by atoms with van der Waals surface area (Å²) in [7, 11) is 1.22. The number of nitrogens with one attached hydrogen (secondary N) is 1. The number of hydrogen-bond acceptors (Lipinski definition) is 4. The highest BCUT2D eigenvalue weighted by molar-refractivity contribution is 6.39. The van der Waals surface area contributed by atoms with Crippen LogP contribution in [-0.4, -0.2) is 24.6 Å². The van der Waals surface area contributed by atoms with Crippen LogP contribution in [0.15, 0.2) is 18.2 Å². The van der Waals surface area contributed by atoms with E-state index in [1.807, 2.05) is 0 Å². The van der Waals surface area contributed by atoms with Gasteiger partial charge in [0.25, 0.3) is 5.91 Å². The molecule has 0 aliphatic rings. The second-order valence-electron chi connectivity index (χ2n) is 4.39. The third-order valence-corrected chi connectivity index (χ3v) is 3.57. The van der Waals surface area contributed by atoms with Crippen LogP contribution in [0.25, 0.3) is 0 Å². The van der Waals surface area contributed by atoms with E-state index in [0.717, 1.165) is 6.07 Å². The molecule has 1 N–H and O–H groups in total. The van der Waals surface area contributed by atoms with E-state index in [2.05, 4.69) is 15.0 Å². The van der Waals surface area contributed by atoms with Crippen molar-refractivity contribution in [3.8, 4) is 11.5 Å². The van der Waals surface area contributed by atoms with Gasteiger partial charge in [-0.1, -0.05) is 23.2 Å². The van der Waals surface area contributed by atoms with Gasteiger partial charge in [-0.3, -0.25) is 4.79 Å². The summed E-state index contributed by atoms with van der Waals surface area (Å²) in [6.07, 6.45) is 0. The first kappa shape index (κ1) is 19.1. The number of alkyl halides is 2. The predicted molar refractivity (Wildman–Crippen MR) is 81.8 cm³/mol. The predicted octanol–water partition coefficient (Wildman–Crippen LogP) is 4.53. The minimum Gasteiger partial charge on any atom is -0.493 e. The largest absolute Gasteiger partial charge is 0.493 e. The lowest BCUT2D eigenvalue weighted by atomic mass is 10.2. The van der Waals surface area contributed by atoms with Crippen LogP contribution in [0, 0.1) is 11.9 Å². The summed E-state index contributed by atoms with van der Waals surface area (Å²) in [4.78, 5) is 15.0. The zero-order valence-electron chi connectivity index (χ0n) is 12.2. The molecule has 2 rings (SSSR count). The SMILES string of the molecule is COc1ccc(C(=O)Nc2c(Cl)c(F)nc(F)c2Cl)cc1OC(F)F. The minimum absolute atomic E-state index is 0.0473. The van der Waals surface area contributed by atoms with E-state index in [9.17, 15) is 22.4 Å². The molecule has 1 heterocycles. The van der Waals surface area contributed by atoms with Crippen molar-refractivity contribution in [3.05, 3.63) is 45.7 Å². The van der Waals surface area contributed by atoms with Gasteiger partial charge in [0.1, 0.15) is 10.0 Å². The summed E-state index contributed by atoms with van der Waals surface area (Å²) < 4.78 is 60.6. The molecule has 0 saturated carbocycles. The van der Waals surface area contributed by atoms with Gasteiger partial charge >= 0.3 is 6.61 Å². The Kier molecular flexibility index (Phi) is 5.91. The third-order valence-electron chi connectivity index (χ3n) is 2.88. The quantitative estimate of drug-likeness (QED) is 0.593. The van der Waals surface area contributed by atoms with E-state index in [4.69, 9.17) is 27.9 Å². The number of benzene rings is 1. The summed E-state index contributed by atoms with van der Waals surface area (Å²) >= 11 is 11.2. The average molecular weight is 399 g/mol. The number of carbonyl (C=O) groups is 1. The maximum atomic E-state index is 13.4. The van der Waals surface area contributed by atoms with Crippen LogP contribution in [0.3, 0.4) is 0 Å². The van der Waals surface area contributed by atoms with Crippen molar-refractivity contribution >= 4 is 34.8 Å². The zero-order chi connectivity index (χ0) is 18.7. The van der Waals surface area contributed by atoms with Crippen LogP contribution >= 0.6 is 23.2 Å². The van der Waals surface area contributed by atoms with Gasteiger partial charge in [-0.25, -0.2) is 0 Å². The number of amides is 1. The molecule has 0 fully saturated rings. The first-order valence-electron chi connectivity index (χ1n) is 6.38. The highest BCUT2D eigenvalue weighted by Crippen LogP contribution is 2.34. The van der Waals surface area contributed by atoms with Crippen LogP contribution in [0.4, 0.5) is 23.2 Å². The molecule has 0 radical (unpaired) electrons. The van der Waals surface area contributed by atoms with E-state index in [1.165, 1.54) is 19.2 Å². The van der Waals surface area contributed by atoms with Crippen LogP contribution in [0.5, 0.6) is 11.5 Å². The lowest BCUT2D eigenvalue weighted by Gasteiger charge is -2.13. The molecule has 11 heteroatoms. The first-order valence-corrected chi connectivity index (χ1v) is 7.14. The molecule has 0 aliphatic heterocycles. The van der Waals surface area contributed by atoms with E-state index in [1.54, 1.807) is 0 Å². The molecule has 0 aliphatic carbocycles. The number of hydrogen-bond donors (Lipinski definition) is 1. The second-order valence-corrected chi connectivity index (χ2v) is 5.15. The minimum atomic E-state index is -3.15.